The molecule has 0 aromatic heterocycles. The van der Waals surface area contributed by atoms with Gasteiger partial charge in [0.15, 0.2) is 0 Å². The molecule has 0 saturated heterocycles. The van der Waals surface area contributed by atoms with Crippen LogP contribution in [0.4, 0.5) is 0 Å². The zero-order valence-electron chi connectivity index (χ0n) is 8.70. The Morgan fingerprint density at radius 1 is 1.33 bits per heavy atom. The second-order valence-corrected chi connectivity index (χ2v) is 3.39. The molecule has 1 amide bonds. The van der Waals surface area contributed by atoms with E-state index in [9.17, 15) is 9.59 Å². The van der Waals surface area contributed by atoms with E-state index in [0.717, 1.165) is 11.1 Å². The molecular formula is C11H13NO3. The average molecular weight is 207 g/mol. The maximum Gasteiger partial charge on any atom is 0.322 e. The second kappa shape index (κ2) is 4.59. The number of hydrogen-bond acceptors (Lipinski definition) is 2. The molecule has 15 heavy (non-hydrogen) atoms. The minimum Gasteiger partial charge on any atom is -0.480 e. The van der Waals surface area contributed by atoms with Crippen molar-refractivity contribution in [1.29, 1.82) is 0 Å². The van der Waals surface area contributed by atoms with Gasteiger partial charge in [0.2, 0.25) is 0 Å². The van der Waals surface area contributed by atoms with Crippen molar-refractivity contribution in [1.82, 2.24) is 5.32 Å². The number of aryl methyl sites for hydroxylation is 2. The summed E-state index contributed by atoms with van der Waals surface area (Å²) in [4.78, 5) is 21.8. The first-order valence-corrected chi connectivity index (χ1v) is 4.58. The molecule has 80 valence electrons. The van der Waals surface area contributed by atoms with Gasteiger partial charge in [-0.3, -0.25) is 9.59 Å². The van der Waals surface area contributed by atoms with E-state index in [-0.39, 0.29) is 12.5 Å². The van der Waals surface area contributed by atoms with Gasteiger partial charge in [-0.25, -0.2) is 0 Å². The topological polar surface area (TPSA) is 66.4 Å². The fourth-order valence-corrected chi connectivity index (χ4v) is 1.23. The molecule has 0 aliphatic rings. The molecule has 1 rings (SSSR count). The summed E-state index contributed by atoms with van der Waals surface area (Å²) in [5.41, 5.74) is 2.33. The Labute approximate surface area is 87.9 Å². The number of carbonyl (C=O) groups excluding carboxylic acids is 1. The molecule has 0 aliphatic carbocycles. The van der Waals surface area contributed by atoms with Crippen molar-refractivity contribution >= 4 is 11.9 Å². The summed E-state index contributed by atoms with van der Waals surface area (Å²) in [6, 6.07) is 5.49. The average Bonchev–Trinajstić information content (AvgIpc) is 2.18. The van der Waals surface area contributed by atoms with Gasteiger partial charge >= 0.3 is 5.97 Å². The number of nitrogens with one attached hydrogen (secondary N) is 1. The fraction of sp³-hybridized carbons (Fsp3) is 0.273. The molecule has 0 atom stereocenters. The molecule has 0 heterocycles. The maximum absolute atomic E-state index is 11.5. The largest absolute Gasteiger partial charge is 0.480 e. The minimum atomic E-state index is -1.05. The molecule has 0 saturated carbocycles. The number of carboxylic acid groups (broad SMARTS) is 1. The smallest absolute Gasteiger partial charge is 0.322 e. The highest BCUT2D eigenvalue weighted by Crippen LogP contribution is 2.10. The van der Waals surface area contributed by atoms with Gasteiger partial charge < -0.3 is 10.4 Å². The summed E-state index contributed by atoms with van der Waals surface area (Å²) in [7, 11) is 0. The van der Waals surface area contributed by atoms with Crippen LogP contribution in [-0.2, 0) is 4.79 Å². The number of hydrogen-bond donors (Lipinski definition) is 2. The van der Waals surface area contributed by atoms with Crippen LogP contribution in [0, 0.1) is 13.8 Å². The number of benzene rings is 1. The van der Waals surface area contributed by atoms with Crippen LogP contribution in [0.3, 0.4) is 0 Å². The molecule has 1 aromatic rings. The molecule has 2 N–H and O–H groups in total. The third-order valence-electron chi connectivity index (χ3n) is 2.04. The Morgan fingerprint density at radius 2 is 2.00 bits per heavy atom. The third kappa shape index (κ3) is 3.09. The van der Waals surface area contributed by atoms with Crippen molar-refractivity contribution in [3.63, 3.8) is 0 Å². The van der Waals surface area contributed by atoms with Gasteiger partial charge in [0.1, 0.15) is 6.54 Å². The number of carbonyl (C=O) groups is 2. The van der Waals surface area contributed by atoms with Crippen molar-refractivity contribution in [3.8, 4) is 0 Å². The summed E-state index contributed by atoms with van der Waals surface area (Å²) in [6.45, 7) is 3.34. The van der Waals surface area contributed by atoms with Crippen molar-refractivity contribution in [2.45, 2.75) is 13.8 Å². The van der Waals surface area contributed by atoms with Gasteiger partial charge in [0, 0.05) is 5.56 Å². The SMILES string of the molecule is Cc1ccc(C)c(C(=O)NCC(=O)O)c1. The van der Waals surface area contributed by atoms with E-state index in [1.165, 1.54) is 0 Å². The number of rotatable bonds is 3. The van der Waals surface area contributed by atoms with Crippen LogP contribution < -0.4 is 5.32 Å². The number of carboxylic acids is 1. The van der Waals surface area contributed by atoms with Crippen LogP contribution in [-0.4, -0.2) is 23.5 Å². The molecule has 0 unspecified atom stereocenters. The number of aliphatic carboxylic acids is 1. The molecule has 4 heteroatoms. The molecule has 0 radical (unpaired) electrons. The Hall–Kier alpha value is -1.84. The highest BCUT2D eigenvalue weighted by atomic mass is 16.4. The summed E-state index contributed by atoms with van der Waals surface area (Å²) in [6.07, 6.45) is 0. The third-order valence-corrected chi connectivity index (χ3v) is 2.04. The van der Waals surface area contributed by atoms with Crippen molar-refractivity contribution < 1.29 is 14.7 Å². The monoisotopic (exact) mass is 207 g/mol. The standard InChI is InChI=1S/C11H13NO3/c1-7-3-4-8(2)9(5-7)11(15)12-6-10(13)14/h3-5H,6H2,1-2H3,(H,12,15)(H,13,14). The molecule has 1 aromatic carbocycles. The first-order valence-electron chi connectivity index (χ1n) is 4.58. The van der Waals surface area contributed by atoms with Crippen LogP contribution in [0.5, 0.6) is 0 Å². The van der Waals surface area contributed by atoms with E-state index < -0.39 is 5.97 Å². The summed E-state index contributed by atoms with van der Waals surface area (Å²) >= 11 is 0. The summed E-state index contributed by atoms with van der Waals surface area (Å²) in [5.74, 6) is -1.40. The highest BCUT2D eigenvalue weighted by molar-refractivity contribution is 5.97. The molecular weight excluding hydrogens is 194 g/mol. The van der Waals surface area contributed by atoms with Gasteiger partial charge in [-0.15, -0.1) is 0 Å². The normalized spacial score (nSPS) is 9.73. The highest BCUT2D eigenvalue weighted by Gasteiger charge is 2.09. The van der Waals surface area contributed by atoms with Gasteiger partial charge in [0.25, 0.3) is 5.91 Å². The van der Waals surface area contributed by atoms with Crippen LogP contribution in [0.2, 0.25) is 0 Å². The second-order valence-electron chi connectivity index (χ2n) is 3.39. The van der Waals surface area contributed by atoms with Gasteiger partial charge in [-0.05, 0) is 25.5 Å². The van der Waals surface area contributed by atoms with E-state index in [0.29, 0.717) is 5.56 Å². The van der Waals surface area contributed by atoms with E-state index in [4.69, 9.17) is 5.11 Å². The van der Waals surface area contributed by atoms with E-state index >= 15 is 0 Å². The number of amides is 1. The van der Waals surface area contributed by atoms with E-state index in [1.54, 1.807) is 6.07 Å². The minimum absolute atomic E-state index is 0.349. The molecule has 0 spiro atoms. The zero-order valence-corrected chi connectivity index (χ0v) is 8.70. The first-order chi connectivity index (χ1) is 7.00. The fourth-order valence-electron chi connectivity index (χ4n) is 1.23. The summed E-state index contributed by atoms with van der Waals surface area (Å²) in [5, 5.41) is 10.7. The quantitative estimate of drug-likeness (QED) is 0.780. The Morgan fingerprint density at radius 3 is 2.60 bits per heavy atom. The van der Waals surface area contributed by atoms with E-state index in [1.807, 2.05) is 26.0 Å². The van der Waals surface area contributed by atoms with Gasteiger partial charge in [-0.1, -0.05) is 17.7 Å². The lowest BCUT2D eigenvalue weighted by molar-refractivity contribution is -0.135. The zero-order chi connectivity index (χ0) is 11.4. The predicted molar refractivity (Wildman–Crippen MR) is 55.9 cm³/mol. The van der Waals surface area contributed by atoms with Crippen LogP contribution in [0.1, 0.15) is 21.5 Å². The maximum atomic E-state index is 11.5. The van der Waals surface area contributed by atoms with Crippen LogP contribution in [0.15, 0.2) is 18.2 Å². The van der Waals surface area contributed by atoms with Crippen LogP contribution >= 0.6 is 0 Å². The molecule has 0 aliphatic heterocycles. The molecule has 0 fully saturated rings. The van der Waals surface area contributed by atoms with E-state index in [2.05, 4.69) is 5.32 Å². The Balaban J connectivity index is 2.81. The van der Waals surface area contributed by atoms with Gasteiger partial charge in [0.05, 0.1) is 0 Å². The van der Waals surface area contributed by atoms with Gasteiger partial charge in [-0.2, -0.15) is 0 Å². The summed E-state index contributed by atoms with van der Waals surface area (Å²) < 4.78 is 0. The van der Waals surface area contributed by atoms with Crippen molar-refractivity contribution in [2.75, 3.05) is 6.54 Å². The molecule has 0 bridgehead atoms. The lowest BCUT2D eigenvalue weighted by Gasteiger charge is -2.06. The first kappa shape index (κ1) is 11.2. The molecule has 4 nitrogen and oxygen atoms in total. The lowest BCUT2D eigenvalue weighted by atomic mass is 10.1. The van der Waals surface area contributed by atoms with Crippen LogP contribution in [0.25, 0.3) is 0 Å². The Kier molecular flexibility index (Phi) is 3.44. The van der Waals surface area contributed by atoms with Crippen molar-refractivity contribution in [3.05, 3.63) is 34.9 Å². The lowest BCUT2D eigenvalue weighted by Crippen LogP contribution is -2.29. The predicted octanol–water partition coefficient (Wildman–Crippen LogP) is 1.12. The van der Waals surface area contributed by atoms with Crippen molar-refractivity contribution in [2.24, 2.45) is 0 Å². The Bertz CT molecular complexity index is 399.